The average molecular weight is 953 g/mol. The number of hydrogen-bond acceptors (Lipinski definition) is 19. The standard InChI is InChI=1S/C36H33N7O15S3.Fe/c44-31-22(16-25(59(50,51)52)19-4-1-7-37-28(19)31)34(47)40-10-13-43(14-11-41-35(48)23-17-26(60(53,54)55)20-5-2-8-38-29(20)32(23)45)15-12-42-36(49)24-18-27(61(56,57)58)21-6-3-9-39-30(21)33(24)46;/h1-9,16-18,44-46H,10-15H2,(H,40,47)(H,41,48)(H,42,49)(H,50,51,52)(H,53,54,55)(H,56,57,58);/q;+3/p-3. The Balaban J connectivity index is 0.00000726. The molecule has 325 valence electrons. The van der Waals surface area contributed by atoms with Gasteiger partial charge in [0.05, 0.1) is 31.4 Å². The molecule has 26 heteroatoms. The van der Waals surface area contributed by atoms with E-state index in [1.165, 1.54) is 59.9 Å². The molecular weight excluding hydrogens is 922 g/mol. The number of aromatic hydroxyl groups is 3. The first-order chi connectivity index (χ1) is 28.7. The Labute approximate surface area is 361 Å². The monoisotopic (exact) mass is 952 g/mol. The molecule has 0 aliphatic carbocycles. The summed E-state index contributed by atoms with van der Waals surface area (Å²) in [6.07, 6.45) is 3.60. The molecule has 62 heavy (non-hydrogen) atoms. The quantitative estimate of drug-likeness (QED) is 0.0585. The minimum absolute atomic E-state index is 0. The number of pyridine rings is 3. The van der Waals surface area contributed by atoms with Gasteiger partial charge in [0.15, 0.2) is 17.2 Å². The number of carbonyl (C=O) groups excluding carboxylic acids is 3. The van der Waals surface area contributed by atoms with E-state index in [-0.39, 0.29) is 89.0 Å². The smallest absolute Gasteiger partial charge is 0.744 e. The summed E-state index contributed by atoms with van der Waals surface area (Å²) in [5.41, 5.74) is -2.79. The first kappa shape index (κ1) is 47.0. The van der Waals surface area contributed by atoms with Crippen molar-refractivity contribution < 1.29 is 85.7 Å². The van der Waals surface area contributed by atoms with Gasteiger partial charge in [-0.25, -0.2) is 25.3 Å². The van der Waals surface area contributed by atoms with Gasteiger partial charge in [-0.1, -0.05) is 0 Å². The minimum Gasteiger partial charge on any atom is -0.744 e. The normalized spacial score (nSPS) is 12.0. The molecule has 0 aliphatic rings. The van der Waals surface area contributed by atoms with Gasteiger partial charge < -0.3 is 44.9 Å². The third-order valence-electron chi connectivity index (χ3n) is 9.17. The van der Waals surface area contributed by atoms with E-state index in [0.717, 1.165) is 0 Å². The molecule has 6 N–H and O–H groups in total. The van der Waals surface area contributed by atoms with Crippen molar-refractivity contribution in [1.29, 1.82) is 0 Å². The molecule has 0 aliphatic heterocycles. The van der Waals surface area contributed by atoms with Crippen LogP contribution in [-0.4, -0.2) is 131 Å². The van der Waals surface area contributed by atoms with Crippen LogP contribution < -0.4 is 16.0 Å². The molecule has 3 aromatic carbocycles. The van der Waals surface area contributed by atoms with E-state index in [1.54, 1.807) is 0 Å². The Bertz CT molecular complexity index is 2790. The second kappa shape index (κ2) is 18.5. The summed E-state index contributed by atoms with van der Waals surface area (Å²) >= 11 is 0. The van der Waals surface area contributed by atoms with E-state index >= 15 is 0 Å². The van der Waals surface area contributed by atoms with E-state index in [4.69, 9.17) is 0 Å². The number of carbonyl (C=O) groups is 3. The number of nitrogens with zero attached hydrogens (tertiary/aromatic N) is 4. The van der Waals surface area contributed by atoms with Crippen LogP contribution in [0.15, 0.2) is 87.9 Å². The van der Waals surface area contributed by atoms with Crippen LogP contribution in [0.5, 0.6) is 17.2 Å². The number of amides is 3. The Kier molecular flexibility index (Phi) is 14.0. The summed E-state index contributed by atoms with van der Waals surface area (Å²) in [4.78, 5) is 50.4. The molecule has 6 rings (SSSR count). The van der Waals surface area contributed by atoms with E-state index in [2.05, 4.69) is 30.9 Å². The molecule has 0 unspecified atom stereocenters. The first-order valence-corrected chi connectivity index (χ1v) is 21.7. The Hall–Kier alpha value is -6.09. The molecule has 6 aromatic rings. The summed E-state index contributed by atoms with van der Waals surface area (Å²) in [5, 5.41) is 39.0. The Morgan fingerprint density at radius 1 is 0.516 bits per heavy atom. The zero-order valence-corrected chi connectivity index (χ0v) is 34.8. The predicted molar refractivity (Wildman–Crippen MR) is 208 cm³/mol. The molecule has 0 bridgehead atoms. The van der Waals surface area contributed by atoms with Crippen LogP contribution in [0.4, 0.5) is 0 Å². The Morgan fingerprint density at radius 2 is 0.774 bits per heavy atom. The van der Waals surface area contributed by atoms with Gasteiger partial charge in [0, 0.05) is 74.0 Å². The molecule has 0 fully saturated rings. The van der Waals surface area contributed by atoms with Gasteiger partial charge in [-0.15, -0.1) is 0 Å². The van der Waals surface area contributed by atoms with Crippen LogP contribution in [-0.2, 0) is 47.4 Å². The fourth-order valence-corrected chi connectivity index (χ4v) is 8.43. The predicted octanol–water partition coefficient (Wildman–Crippen LogP) is 0.0496. The number of phenolic OH excluding ortho intramolecular Hbond substituents is 3. The number of rotatable bonds is 15. The maximum absolute atomic E-state index is 13.2. The minimum atomic E-state index is -5.15. The van der Waals surface area contributed by atoms with Gasteiger partial charge >= 0.3 is 17.1 Å². The van der Waals surface area contributed by atoms with Crippen molar-refractivity contribution in [3.63, 3.8) is 0 Å². The molecular formula is C36H30FeN7O15S3. The van der Waals surface area contributed by atoms with Crippen molar-refractivity contribution in [2.45, 2.75) is 14.7 Å². The number of benzene rings is 3. The van der Waals surface area contributed by atoms with Crippen molar-refractivity contribution in [2.75, 3.05) is 39.3 Å². The van der Waals surface area contributed by atoms with Crippen LogP contribution in [0.25, 0.3) is 32.7 Å². The fraction of sp³-hybridized carbons (Fsp3) is 0.167. The third-order valence-corrected chi connectivity index (χ3v) is 11.8. The molecule has 0 atom stereocenters. The Morgan fingerprint density at radius 3 is 1.02 bits per heavy atom. The van der Waals surface area contributed by atoms with Gasteiger partial charge in [0.1, 0.15) is 46.9 Å². The number of fused-ring (bicyclic) bond motifs is 3. The average Bonchev–Trinajstić information content (AvgIpc) is 3.19. The van der Waals surface area contributed by atoms with E-state index < -0.39 is 96.7 Å². The first-order valence-electron chi connectivity index (χ1n) is 17.4. The molecule has 22 nitrogen and oxygen atoms in total. The van der Waals surface area contributed by atoms with Crippen LogP contribution in [0.3, 0.4) is 0 Å². The van der Waals surface area contributed by atoms with Gasteiger partial charge in [0.2, 0.25) is 0 Å². The van der Waals surface area contributed by atoms with Gasteiger partial charge in [-0.2, -0.15) is 0 Å². The van der Waals surface area contributed by atoms with Crippen LogP contribution in [0.2, 0.25) is 0 Å². The van der Waals surface area contributed by atoms with Crippen LogP contribution in [0.1, 0.15) is 31.1 Å². The third kappa shape index (κ3) is 9.99. The summed E-state index contributed by atoms with van der Waals surface area (Å²) in [5.74, 6) is -5.23. The molecule has 0 saturated heterocycles. The van der Waals surface area contributed by atoms with Crippen LogP contribution >= 0.6 is 0 Å². The number of nitrogens with one attached hydrogen (secondary N) is 3. The summed E-state index contributed by atoms with van der Waals surface area (Å²) in [6.45, 7) is -1.10. The van der Waals surface area contributed by atoms with E-state index in [1.807, 2.05) is 0 Å². The summed E-state index contributed by atoms with van der Waals surface area (Å²) in [7, 11) is -15.4. The van der Waals surface area contributed by atoms with Crippen molar-refractivity contribution >= 4 is 80.8 Å². The fourth-order valence-electron chi connectivity index (χ4n) is 6.34. The van der Waals surface area contributed by atoms with Crippen molar-refractivity contribution in [2.24, 2.45) is 0 Å². The molecule has 1 radical (unpaired) electrons. The molecule has 3 amide bonds. The maximum atomic E-state index is 13.2. The number of phenols is 3. The second-order valence-corrected chi connectivity index (χ2v) is 17.0. The molecule has 0 spiro atoms. The van der Waals surface area contributed by atoms with Gasteiger partial charge in [-0.3, -0.25) is 34.2 Å². The van der Waals surface area contributed by atoms with E-state index in [0.29, 0.717) is 18.2 Å². The maximum Gasteiger partial charge on any atom is 3.00 e. The number of aromatic nitrogens is 3. The zero-order chi connectivity index (χ0) is 44.4. The molecule has 3 aromatic heterocycles. The second-order valence-electron chi connectivity index (χ2n) is 13.0. The largest absolute Gasteiger partial charge is 3.00 e. The number of hydrogen-bond donors (Lipinski definition) is 6. The molecule has 0 saturated carbocycles. The SMILES string of the molecule is O=C(NCCN(CCNC(=O)c1cc(S(=O)(=O)[O-])c2cccnc2c1O)CCNC(=O)c1cc(S(=O)(=O)[O-])c2cccnc2c1O)c1cc(S(=O)(=O)[O-])c2cccnc2c1O.[Fe+3]. The summed E-state index contributed by atoms with van der Waals surface area (Å²) < 4.78 is 108. The van der Waals surface area contributed by atoms with Crippen molar-refractivity contribution in [3.8, 4) is 17.2 Å². The van der Waals surface area contributed by atoms with E-state index in [9.17, 15) is 68.6 Å². The van der Waals surface area contributed by atoms with Gasteiger partial charge in [-0.05, 0) is 54.6 Å². The van der Waals surface area contributed by atoms with Gasteiger partial charge in [0.25, 0.3) is 17.7 Å². The van der Waals surface area contributed by atoms with Crippen LogP contribution in [0, 0.1) is 0 Å². The zero-order valence-electron chi connectivity index (χ0n) is 31.3. The topological polar surface area (TPSA) is 362 Å². The molecule has 3 heterocycles. The summed E-state index contributed by atoms with van der Waals surface area (Å²) in [6, 6.07) is 9.71. The van der Waals surface area contributed by atoms with Crippen molar-refractivity contribution in [3.05, 3.63) is 89.9 Å². The van der Waals surface area contributed by atoms with Crippen molar-refractivity contribution in [1.82, 2.24) is 35.8 Å².